The molecule has 142 valence electrons. The van der Waals surface area contributed by atoms with Crippen LogP contribution in [0, 0.1) is 0 Å². The van der Waals surface area contributed by atoms with E-state index in [1.807, 2.05) is 13.1 Å². The Morgan fingerprint density at radius 3 is 2.62 bits per heavy atom. The number of carbonyl (C=O) groups excluding carboxylic acids is 1. The quantitative estimate of drug-likeness (QED) is 0.680. The number of hydrogen-bond donors (Lipinski definition) is 2. The number of carbonyl (C=O) groups is 1. The largest absolute Gasteiger partial charge is 0.495 e. The lowest BCUT2D eigenvalue weighted by atomic mass is 10.3. The standard InChI is InChI=1S/C17H23N3O5S/c1-19(2)26(22,23)14-7-8-16(24-4)15(10-14)18-17(21)12-20(3)11-13-6-5-9-25-13/h5-10H,11-12H2,1-4H3,(H,18,21)/p+1. The van der Waals surface area contributed by atoms with Gasteiger partial charge in [0.1, 0.15) is 12.3 Å². The summed E-state index contributed by atoms with van der Waals surface area (Å²) in [7, 11) is 2.61. The summed E-state index contributed by atoms with van der Waals surface area (Å²) in [5.74, 6) is 0.915. The second-order valence-corrected chi connectivity index (χ2v) is 8.24. The fraction of sp³-hybridized carbons (Fsp3) is 0.353. The maximum Gasteiger partial charge on any atom is 0.279 e. The molecule has 2 rings (SSSR count). The van der Waals surface area contributed by atoms with Crippen LogP contribution >= 0.6 is 0 Å². The first-order valence-corrected chi connectivity index (χ1v) is 9.42. The minimum atomic E-state index is -3.61. The third-order valence-corrected chi connectivity index (χ3v) is 5.55. The Hall–Kier alpha value is -2.36. The van der Waals surface area contributed by atoms with Gasteiger partial charge in [0.15, 0.2) is 12.3 Å². The van der Waals surface area contributed by atoms with Crippen LogP contribution in [0.3, 0.4) is 0 Å². The molecule has 0 saturated carbocycles. The van der Waals surface area contributed by atoms with Crippen LogP contribution in [0.4, 0.5) is 5.69 Å². The second kappa shape index (κ2) is 8.35. The van der Waals surface area contributed by atoms with Crippen molar-refractivity contribution in [3.8, 4) is 5.75 Å². The van der Waals surface area contributed by atoms with Crippen molar-refractivity contribution in [3.63, 3.8) is 0 Å². The average molecular weight is 382 g/mol. The molecule has 0 aliphatic carbocycles. The summed E-state index contributed by atoms with van der Waals surface area (Å²) >= 11 is 0. The molecule has 0 bridgehead atoms. The second-order valence-electron chi connectivity index (χ2n) is 6.09. The number of sulfonamides is 1. The highest BCUT2D eigenvalue weighted by Gasteiger charge is 2.20. The lowest BCUT2D eigenvalue weighted by Crippen LogP contribution is -3.08. The molecule has 9 heteroatoms. The third-order valence-electron chi connectivity index (χ3n) is 3.74. The molecule has 0 aliphatic rings. The van der Waals surface area contributed by atoms with Gasteiger partial charge < -0.3 is 19.4 Å². The molecule has 0 saturated heterocycles. The van der Waals surface area contributed by atoms with E-state index in [0.29, 0.717) is 18.0 Å². The number of nitrogens with one attached hydrogen (secondary N) is 2. The van der Waals surface area contributed by atoms with Gasteiger partial charge in [0.25, 0.3) is 5.91 Å². The van der Waals surface area contributed by atoms with Crippen LogP contribution in [0.15, 0.2) is 45.9 Å². The maximum absolute atomic E-state index is 12.3. The number of likely N-dealkylation sites (N-methyl/N-ethyl adjacent to an activating group) is 1. The molecule has 2 N–H and O–H groups in total. The van der Waals surface area contributed by atoms with Crippen molar-refractivity contribution in [2.45, 2.75) is 11.4 Å². The molecular formula is C17H24N3O5S+. The van der Waals surface area contributed by atoms with E-state index in [1.165, 1.54) is 39.4 Å². The molecule has 1 heterocycles. The van der Waals surface area contributed by atoms with Crippen LogP contribution in [-0.4, -0.2) is 53.4 Å². The summed E-state index contributed by atoms with van der Waals surface area (Å²) in [5.41, 5.74) is 0.311. The Labute approximate surface area is 153 Å². The Morgan fingerprint density at radius 1 is 1.31 bits per heavy atom. The Balaban J connectivity index is 2.12. The summed E-state index contributed by atoms with van der Waals surface area (Å²) < 4.78 is 36.2. The van der Waals surface area contributed by atoms with Gasteiger partial charge in [-0.05, 0) is 30.3 Å². The van der Waals surface area contributed by atoms with E-state index in [-0.39, 0.29) is 17.3 Å². The van der Waals surface area contributed by atoms with Crippen LogP contribution < -0.4 is 15.0 Å². The van der Waals surface area contributed by atoms with Crippen LogP contribution in [0.25, 0.3) is 0 Å². The Kier molecular flexibility index (Phi) is 6.41. The van der Waals surface area contributed by atoms with Crippen molar-refractivity contribution >= 4 is 21.6 Å². The number of quaternary nitrogens is 1. The molecular weight excluding hydrogens is 358 g/mol. The minimum absolute atomic E-state index is 0.0786. The zero-order chi connectivity index (χ0) is 19.3. The molecule has 2 aromatic rings. The number of benzene rings is 1. The normalized spacial score (nSPS) is 12.8. The minimum Gasteiger partial charge on any atom is -0.495 e. The summed E-state index contributed by atoms with van der Waals surface area (Å²) in [6.07, 6.45) is 1.59. The Morgan fingerprint density at radius 2 is 2.04 bits per heavy atom. The number of methoxy groups -OCH3 is 1. The highest BCUT2D eigenvalue weighted by atomic mass is 32.2. The van der Waals surface area contributed by atoms with E-state index in [0.717, 1.165) is 15.0 Å². The van der Waals surface area contributed by atoms with Crippen molar-refractivity contribution in [3.05, 3.63) is 42.4 Å². The van der Waals surface area contributed by atoms with Crippen LogP contribution in [-0.2, 0) is 21.4 Å². The van der Waals surface area contributed by atoms with Crippen molar-refractivity contribution < 1.29 is 27.3 Å². The maximum atomic E-state index is 12.3. The number of rotatable bonds is 8. The number of hydrogen-bond acceptors (Lipinski definition) is 5. The number of amides is 1. The van der Waals surface area contributed by atoms with Gasteiger partial charge in [0, 0.05) is 14.1 Å². The zero-order valence-electron chi connectivity index (χ0n) is 15.3. The molecule has 0 aliphatic heterocycles. The van der Waals surface area contributed by atoms with E-state index in [9.17, 15) is 13.2 Å². The SMILES string of the molecule is COc1ccc(S(=O)(=O)N(C)C)cc1NC(=O)C[NH+](C)Cc1ccco1. The molecule has 1 aromatic heterocycles. The summed E-state index contributed by atoms with van der Waals surface area (Å²) in [6.45, 7) is 0.751. The smallest absolute Gasteiger partial charge is 0.279 e. The summed E-state index contributed by atoms with van der Waals surface area (Å²) in [4.78, 5) is 13.3. The van der Waals surface area contributed by atoms with Crippen LogP contribution in [0.5, 0.6) is 5.75 Å². The van der Waals surface area contributed by atoms with E-state index in [2.05, 4.69) is 5.32 Å². The van der Waals surface area contributed by atoms with E-state index in [4.69, 9.17) is 9.15 Å². The van der Waals surface area contributed by atoms with Crippen molar-refractivity contribution in [1.29, 1.82) is 0 Å². The van der Waals surface area contributed by atoms with Crippen molar-refractivity contribution in [2.24, 2.45) is 0 Å². The van der Waals surface area contributed by atoms with Gasteiger partial charge in [0.05, 0.1) is 31.0 Å². The van der Waals surface area contributed by atoms with Gasteiger partial charge in [-0.1, -0.05) is 0 Å². The fourth-order valence-corrected chi connectivity index (χ4v) is 3.33. The predicted molar refractivity (Wildman–Crippen MR) is 96.7 cm³/mol. The molecule has 0 radical (unpaired) electrons. The Bertz CT molecular complexity index is 847. The predicted octanol–water partition coefficient (Wildman–Crippen LogP) is 0.192. The molecule has 26 heavy (non-hydrogen) atoms. The van der Waals surface area contributed by atoms with E-state index >= 15 is 0 Å². The lowest BCUT2D eigenvalue weighted by Gasteiger charge is -2.16. The van der Waals surface area contributed by atoms with E-state index in [1.54, 1.807) is 12.3 Å². The van der Waals surface area contributed by atoms with Gasteiger partial charge in [-0.2, -0.15) is 0 Å². The molecule has 1 atom stereocenters. The number of nitrogens with zero attached hydrogens (tertiary/aromatic N) is 1. The highest BCUT2D eigenvalue weighted by Crippen LogP contribution is 2.28. The molecule has 0 fully saturated rings. The van der Waals surface area contributed by atoms with Gasteiger partial charge >= 0.3 is 0 Å². The molecule has 8 nitrogen and oxygen atoms in total. The van der Waals surface area contributed by atoms with Gasteiger partial charge in [-0.3, -0.25) is 4.79 Å². The third kappa shape index (κ3) is 4.84. The number of furan rings is 1. The van der Waals surface area contributed by atoms with Crippen molar-refractivity contribution in [2.75, 3.05) is 40.1 Å². The zero-order valence-corrected chi connectivity index (χ0v) is 16.1. The summed E-state index contributed by atoms with van der Waals surface area (Å²) in [5, 5.41) is 2.73. The van der Waals surface area contributed by atoms with Gasteiger partial charge in [-0.15, -0.1) is 0 Å². The number of anilines is 1. The monoisotopic (exact) mass is 382 g/mol. The fourth-order valence-electron chi connectivity index (χ4n) is 2.40. The first-order valence-electron chi connectivity index (χ1n) is 7.98. The number of ether oxygens (including phenoxy) is 1. The molecule has 0 spiro atoms. The van der Waals surface area contributed by atoms with E-state index < -0.39 is 10.0 Å². The van der Waals surface area contributed by atoms with Crippen LogP contribution in [0.2, 0.25) is 0 Å². The van der Waals surface area contributed by atoms with Gasteiger partial charge in [0.2, 0.25) is 10.0 Å². The first kappa shape index (κ1) is 20.0. The first-order chi connectivity index (χ1) is 12.2. The highest BCUT2D eigenvalue weighted by molar-refractivity contribution is 7.89. The molecule has 1 aromatic carbocycles. The van der Waals surface area contributed by atoms with Gasteiger partial charge in [-0.25, -0.2) is 12.7 Å². The molecule has 1 unspecified atom stereocenters. The summed E-state index contributed by atoms with van der Waals surface area (Å²) in [6, 6.07) is 8.00. The molecule has 1 amide bonds. The van der Waals surface area contributed by atoms with Crippen molar-refractivity contribution in [1.82, 2.24) is 4.31 Å². The lowest BCUT2D eigenvalue weighted by molar-refractivity contribution is -0.886. The average Bonchev–Trinajstić information content (AvgIpc) is 3.07. The van der Waals surface area contributed by atoms with Crippen LogP contribution in [0.1, 0.15) is 5.76 Å². The topological polar surface area (TPSA) is 93.3 Å².